The first kappa shape index (κ1) is 19.8. The van der Waals surface area contributed by atoms with Crippen molar-refractivity contribution in [3.05, 3.63) is 58.9 Å². The van der Waals surface area contributed by atoms with E-state index in [-0.39, 0.29) is 11.8 Å². The van der Waals surface area contributed by atoms with Crippen LogP contribution in [0, 0.1) is 0 Å². The smallest absolute Gasteiger partial charge is 0.257 e. The van der Waals surface area contributed by atoms with Gasteiger partial charge in [-0.05, 0) is 31.2 Å². The molecule has 28 heavy (non-hydrogen) atoms. The maximum atomic E-state index is 12.6. The van der Waals surface area contributed by atoms with Gasteiger partial charge in [-0.3, -0.25) is 15.1 Å². The average Bonchev–Trinajstić information content (AvgIpc) is 3.17. The van der Waals surface area contributed by atoms with Crippen LogP contribution in [0.4, 0.5) is 5.13 Å². The Morgan fingerprint density at radius 1 is 1.18 bits per heavy atom. The maximum absolute atomic E-state index is 12.6. The number of carbonyl (C=O) groups is 1. The van der Waals surface area contributed by atoms with Crippen molar-refractivity contribution in [2.24, 2.45) is 0 Å². The first-order valence-corrected chi connectivity index (χ1v) is 9.81. The van der Waals surface area contributed by atoms with Gasteiger partial charge in [-0.15, -0.1) is 10.2 Å². The van der Waals surface area contributed by atoms with Gasteiger partial charge in [-0.2, -0.15) is 0 Å². The highest BCUT2D eigenvalue weighted by Gasteiger charge is 2.15. The van der Waals surface area contributed by atoms with Crippen LogP contribution in [0.1, 0.15) is 47.6 Å². The van der Waals surface area contributed by atoms with Crippen molar-refractivity contribution in [1.29, 1.82) is 0 Å². The summed E-state index contributed by atoms with van der Waals surface area (Å²) in [5.74, 6) is 1.08. The Morgan fingerprint density at radius 3 is 2.71 bits per heavy atom. The molecule has 0 saturated carbocycles. The van der Waals surface area contributed by atoms with E-state index in [0.29, 0.717) is 35.4 Å². The number of aromatic nitrogens is 3. The van der Waals surface area contributed by atoms with Gasteiger partial charge in [0, 0.05) is 29.4 Å². The molecule has 3 aromatic rings. The minimum absolute atomic E-state index is 0.268. The minimum atomic E-state index is -0.272. The van der Waals surface area contributed by atoms with Gasteiger partial charge in [0.15, 0.2) is 11.5 Å². The molecular weight excluding hydrogens is 376 g/mol. The number of ether oxygens (including phenoxy) is 2. The molecule has 0 aliphatic rings. The van der Waals surface area contributed by atoms with E-state index < -0.39 is 0 Å². The lowest BCUT2D eigenvalue weighted by molar-refractivity contribution is 0.102. The van der Waals surface area contributed by atoms with Gasteiger partial charge in [0.25, 0.3) is 5.91 Å². The highest BCUT2D eigenvalue weighted by atomic mass is 32.1. The van der Waals surface area contributed by atoms with Crippen molar-refractivity contribution >= 4 is 22.4 Å². The van der Waals surface area contributed by atoms with Crippen molar-refractivity contribution in [1.82, 2.24) is 15.2 Å². The van der Waals surface area contributed by atoms with E-state index in [9.17, 15) is 4.79 Å². The molecule has 1 N–H and O–H groups in total. The lowest BCUT2D eigenvalue weighted by Crippen LogP contribution is -2.12. The van der Waals surface area contributed by atoms with E-state index in [2.05, 4.69) is 20.5 Å². The number of amides is 1. The van der Waals surface area contributed by atoms with E-state index in [1.165, 1.54) is 11.3 Å². The van der Waals surface area contributed by atoms with Crippen LogP contribution in [0.2, 0.25) is 0 Å². The zero-order valence-electron chi connectivity index (χ0n) is 16.0. The van der Waals surface area contributed by atoms with Crippen molar-refractivity contribution in [2.75, 3.05) is 11.9 Å². The second-order valence-corrected chi connectivity index (χ2v) is 7.31. The molecule has 1 aromatic carbocycles. The van der Waals surface area contributed by atoms with Crippen LogP contribution in [-0.2, 0) is 6.61 Å². The Hall–Kier alpha value is -3.00. The van der Waals surface area contributed by atoms with Crippen molar-refractivity contribution in [3.8, 4) is 11.5 Å². The maximum Gasteiger partial charge on any atom is 0.257 e. The first-order chi connectivity index (χ1) is 13.6. The van der Waals surface area contributed by atoms with E-state index >= 15 is 0 Å². The topological polar surface area (TPSA) is 86.2 Å². The normalized spacial score (nSPS) is 10.7. The molecule has 146 valence electrons. The molecule has 0 aliphatic carbocycles. The fraction of sp³-hybridized carbons (Fsp3) is 0.300. The number of anilines is 1. The summed E-state index contributed by atoms with van der Waals surface area (Å²) in [5, 5.41) is 12.2. The van der Waals surface area contributed by atoms with Gasteiger partial charge < -0.3 is 9.47 Å². The van der Waals surface area contributed by atoms with E-state index in [1.807, 2.05) is 32.9 Å². The number of hydrogen-bond donors (Lipinski definition) is 1. The third-order valence-electron chi connectivity index (χ3n) is 3.78. The molecule has 0 atom stereocenters. The molecule has 7 nitrogen and oxygen atoms in total. The van der Waals surface area contributed by atoms with Gasteiger partial charge in [0.1, 0.15) is 11.6 Å². The molecule has 8 heteroatoms. The van der Waals surface area contributed by atoms with Gasteiger partial charge in [-0.25, -0.2) is 0 Å². The van der Waals surface area contributed by atoms with Crippen LogP contribution in [0.5, 0.6) is 11.5 Å². The number of rotatable bonds is 8. The number of nitrogens with zero attached hydrogens (tertiary/aromatic N) is 3. The van der Waals surface area contributed by atoms with Gasteiger partial charge in [0.05, 0.1) is 6.61 Å². The third kappa shape index (κ3) is 5.04. The molecule has 0 radical (unpaired) electrons. The second kappa shape index (κ2) is 9.27. The zero-order valence-corrected chi connectivity index (χ0v) is 16.8. The average molecular weight is 398 g/mol. The van der Waals surface area contributed by atoms with Crippen LogP contribution in [-0.4, -0.2) is 27.7 Å². The molecule has 0 unspecified atom stereocenters. The minimum Gasteiger partial charge on any atom is -0.490 e. The largest absolute Gasteiger partial charge is 0.490 e. The Kier molecular flexibility index (Phi) is 6.54. The predicted molar refractivity (Wildman–Crippen MR) is 108 cm³/mol. The predicted octanol–water partition coefficient (Wildman–Crippen LogP) is 4.29. The molecule has 2 heterocycles. The zero-order chi connectivity index (χ0) is 19.9. The van der Waals surface area contributed by atoms with Gasteiger partial charge >= 0.3 is 0 Å². The summed E-state index contributed by atoms with van der Waals surface area (Å²) in [5.41, 5.74) is 1.41. The summed E-state index contributed by atoms with van der Waals surface area (Å²) in [6.45, 7) is 6.77. The lowest BCUT2D eigenvalue weighted by Gasteiger charge is -2.13. The number of benzene rings is 1. The second-order valence-electron chi connectivity index (χ2n) is 6.30. The first-order valence-electron chi connectivity index (χ1n) is 9.00. The van der Waals surface area contributed by atoms with Crippen LogP contribution in [0.15, 0.2) is 42.7 Å². The van der Waals surface area contributed by atoms with Crippen LogP contribution < -0.4 is 14.8 Å². The van der Waals surface area contributed by atoms with Crippen molar-refractivity contribution in [3.63, 3.8) is 0 Å². The van der Waals surface area contributed by atoms with E-state index in [4.69, 9.17) is 9.47 Å². The molecule has 1 amide bonds. The monoisotopic (exact) mass is 398 g/mol. The number of hydrogen-bond acceptors (Lipinski definition) is 7. The van der Waals surface area contributed by atoms with Gasteiger partial charge in [-0.1, -0.05) is 31.3 Å². The lowest BCUT2D eigenvalue weighted by atomic mass is 10.2. The molecule has 0 saturated heterocycles. The number of carbonyl (C=O) groups excluding carboxylic acids is 1. The Bertz CT molecular complexity index is 928. The van der Waals surface area contributed by atoms with Crippen LogP contribution in [0.3, 0.4) is 0 Å². The number of nitrogens with one attached hydrogen (secondary N) is 1. The molecule has 0 spiro atoms. The Balaban J connectivity index is 1.72. The molecule has 3 rings (SSSR count). The van der Waals surface area contributed by atoms with Crippen LogP contribution in [0.25, 0.3) is 0 Å². The third-order valence-corrected chi connectivity index (χ3v) is 4.92. The summed E-state index contributed by atoms with van der Waals surface area (Å²) >= 11 is 1.37. The van der Waals surface area contributed by atoms with Crippen LogP contribution >= 0.6 is 11.3 Å². The standard InChI is InChI=1S/C20H22N4O3S/c1-4-26-17-10-15(18(25)22-20-24-23-19(28-20)13(2)3)7-8-16(17)27-12-14-6-5-9-21-11-14/h5-11,13H,4,12H2,1-3H3,(H,22,24,25). The Morgan fingerprint density at radius 2 is 2.04 bits per heavy atom. The fourth-order valence-electron chi connectivity index (χ4n) is 2.37. The summed E-state index contributed by atoms with van der Waals surface area (Å²) in [7, 11) is 0. The molecule has 0 bridgehead atoms. The highest BCUT2D eigenvalue weighted by molar-refractivity contribution is 7.15. The molecule has 2 aromatic heterocycles. The SMILES string of the molecule is CCOc1cc(C(=O)Nc2nnc(C(C)C)s2)ccc1OCc1cccnc1. The summed E-state index contributed by atoms with van der Waals surface area (Å²) in [6.07, 6.45) is 3.46. The summed E-state index contributed by atoms with van der Waals surface area (Å²) in [6, 6.07) is 8.88. The van der Waals surface area contributed by atoms with E-state index in [1.54, 1.807) is 30.6 Å². The number of pyridine rings is 1. The van der Waals surface area contributed by atoms with Crippen molar-refractivity contribution < 1.29 is 14.3 Å². The summed E-state index contributed by atoms with van der Waals surface area (Å²) < 4.78 is 11.5. The quantitative estimate of drug-likeness (QED) is 0.609. The van der Waals surface area contributed by atoms with E-state index in [0.717, 1.165) is 10.6 Å². The molecule has 0 fully saturated rings. The highest BCUT2D eigenvalue weighted by Crippen LogP contribution is 2.30. The van der Waals surface area contributed by atoms with Crippen molar-refractivity contribution in [2.45, 2.75) is 33.3 Å². The Labute approximate surface area is 167 Å². The fourth-order valence-corrected chi connectivity index (χ4v) is 3.11. The van der Waals surface area contributed by atoms with Gasteiger partial charge in [0.2, 0.25) is 5.13 Å². The summed E-state index contributed by atoms with van der Waals surface area (Å²) in [4.78, 5) is 16.6. The molecular formula is C20H22N4O3S. The molecule has 0 aliphatic heterocycles.